The maximum absolute atomic E-state index is 5.70. The van der Waals surface area contributed by atoms with Crippen molar-refractivity contribution in [3.05, 3.63) is 23.5 Å². The molecule has 18 heavy (non-hydrogen) atoms. The van der Waals surface area contributed by atoms with Gasteiger partial charge in [0.1, 0.15) is 0 Å². The molecule has 4 nitrogen and oxygen atoms in total. The van der Waals surface area contributed by atoms with Crippen molar-refractivity contribution in [3.8, 4) is 0 Å². The summed E-state index contributed by atoms with van der Waals surface area (Å²) in [4.78, 5) is 6.66. The molecule has 0 amide bonds. The molecule has 0 spiro atoms. The largest absolute Gasteiger partial charge is 0.376 e. The summed E-state index contributed by atoms with van der Waals surface area (Å²) in [5.41, 5.74) is 3.56. The van der Waals surface area contributed by atoms with E-state index >= 15 is 0 Å². The number of aryl methyl sites for hydroxylation is 1. The number of anilines is 1. The Hall–Kier alpha value is -1.13. The average Bonchev–Trinajstić information content (AvgIpc) is 2.84. The highest BCUT2D eigenvalue weighted by Gasteiger charge is 2.18. The van der Waals surface area contributed by atoms with E-state index in [1.165, 1.54) is 24.1 Å². The van der Waals surface area contributed by atoms with Gasteiger partial charge in [0.05, 0.1) is 6.10 Å². The van der Waals surface area contributed by atoms with E-state index in [1.807, 2.05) is 20.2 Å². The van der Waals surface area contributed by atoms with Gasteiger partial charge in [-0.05, 0) is 32.9 Å². The van der Waals surface area contributed by atoms with E-state index in [1.54, 1.807) is 0 Å². The standard InChI is InChI=1S/C14H23N3O/c1-11-7-14(12(8-15-2)9-16-11)17(3)10-13-5-4-6-18-13/h7,9,13,15H,4-6,8,10H2,1-3H3. The number of rotatable bonds is 5. The molecule has 100 valence electrons. The van der Waals surface area contributed by atoms with E-state index in [4.69, 9.17) is 4.74 Å². The van der Waals surface area contributed by atoms with Crippen molar-refractivity contribution < 1.29 is 4.74 Å². The lowest BCUT2D eigenvalue weighted by Crippen LogP contribution is -2.29. The van der Waals surface area contributed by atoms with Crippen molar-refractivity contribution in [1.29, 1.82) is 0 Å². The number of nitrogens with one attached hydrogen (secondary N) is 1. The van der Waals surface area contributed by atoms with Crippen LogP contribution < -0.4 is 10.2 Å². The van der Waals surface area contributed by atoms with Crippen LogP contribution in [0, 0.1) is 6.92 Å². The van der Waals surface area contributed by atoms with E-state index < -0.39 is 0 Å². The van der Waals surface area contributed by atoms with Gasteiger partial charge in [-0.2, -0.15) is 0 Å². The maximum atomic E-state index is 5.70. The predicted molar refractivity (Wildman–Crippen MR) is 74.0 cm³/mol. The van der Waals surface area contributed by atoms with Gasteiger partial charge in [-0.15, -0.1) is 0 Å². The molecular formula is C14H23N3O. The van der Waals surface area contributed by atoms with Crippen LogP contribution in [0.1, 0.15) is 24.1 Å². The molecule has 0 aromatic carbocycles. The summed E-state index contributed by atoms with van der Waals surface area (Å²) in [6.45, 7) is 4.75. The zero-order valence-corrected chi connectivity index (χ0v) is 11.6. The van der Waals surface area contributed by atoms with E-state index in [2.05, 4.69) is 28.3 Å². The summed E-state index contributed by atoms with van der Waals surface area (Å²) >= 11 is 0. The van der Waals surface area contributed by atoms with Crippen LogP contribution in [0.2, 0.25) is 0 Å². The molecule has 0 bridgehead atoms. The molecule has 1 aromatic rings. The molecule has 0 saturated carbocycles. The molecule has 2 rings (SSSR count). The summed E-state index contributed by atoms with van der Waals surface area (Å²) in [5, 5.41) is 3.19. The summed E-state index contributed by atoms with van der Waals surface area (Å²) in [7, 11) is 4.10. The predicted octanol–water partition coefficient (Wildman–Crippen LogP) is 1.72. The van der Waals surface area contributed by atoms with Crippen molar-refractivity contribution >= 4 is 5.69 Å². The third kappa shape index (κ3) is 3.21. The summed E-state index contributed by atoms with van der Waals surface area (Å²) in [6.07, 6.45) is 4.71. The molecule has 1 aliphatic heterocycles. The molecule has 0 aliphatic carbocycles. The number of nitrogens with zero attached hydrogens (tertiary/aromatic N) is 2. The van der Waals surface area contributed by atoms with Crippen LogP contribution in [0.3, 0.4) is 0 Å². The van der Waals surface area contributed by atoms with Crippen molar-refractivity contribution in [2.24, 2.45) is 0 Å². The number of pyridine rings is 1. The fourth-order valence-electron chi connectivity index (χ4n) is 2.45. The van der Waals surface area contributed by atoms with Crippen molar-refractivity contribution in [3.63, 3.8) is 0 Å². The van der Waals surface area contributed by atoms with Gasteiger partial charge < -0.3 is 15.0 Å². The van der Waals surface area contributed by atoms with Crippen LogP contribution in [-0.2, 0) is 11.3 Å². The van der Waals surface area contributed by atoms with Crippen LogP contribution in [0.4, 0.5) is 5.69 Å². The first kappa shape index (κ1) is 13.3. The Bertz CT molecular complexity index is 389. The van der Waals surface area contributed by atoms with Gasteiger partial charge in [-0.1, -0.05) is 0 Å². The summed E-state index contributed by atoms with van der Waals surface area (Å²) < 4.78 is 5.70. The number of hydrogen-bond acceptors (Lipinski definition) is 4. The van der Waals surface area contributed by atoms with Crippen LogP contribution in [-0.4, -0.2) is 38.3 Å². The molecule has 1 aromatic heterocycles. The van der Waals surface area contributed by atoms with Gasteiger partial charge >= 0.3 is 0 Å². The number of likely N-dealkylation sites (N-methyl/N-ethyl adjacent to an activating group) is 1. The van der Waals surface area contributed by atoms with E-state index in [0.29, 0.717) is 6.10 Å². The number of hydrogen-bond donors (Lipinski definition) is 1. The second-order valence-corrected chi connectivity index (χ2v) is 5.00. The molecule has 1 saturated heterocycles. The van der Waals surface area contributed by atoms with Crippen molar-refractivity contribution in [2.75, 3.05) is 32.1 Å². The van der Waals surface area contributed by atoms with Gasteiger partial charge in [0.2, 0.25) is 0 Å². The lowest BCUT2D eigenvalue weighted by atomic mass is 10.1. The minimum Gasteiger partial charge on any atom is -0.376 e. The van der Waals surface area contributed by atoms with Gasteiger partial charge in [-0.25, -0.2) is 0 Å². The van der Waals surface area contributed by atoms with Gasteiger partial charge in [-0.3, -0.25) is 4.98 Å². The Kier molecular flexibility index (Phi) is 4.55. The second-order valence-electron chi connectivity index (χ2n) is 5.00. The normalized spacial score (nSPS) is 19.2. The highest BCUT2D eigenvalue weighted by Crippen LogP contribution is 2.22. The molecule has 1 N–H and O–H groups in total. The van der Waals surface area contributed by atoms with Crippen LogP contribution in [0.15, 0.2) is 12.3 Å². The molecule has 0 radical (unpaired) electrons. The quantitative estimate of drug-likeness (QED) is 0.862. The number of ether oxygens (including phenoxy) is 1. The Morgan fingerprint density at radius 3 is 3.06 bits per heavy atom. The minimum absolute atomic E-state index is 0.380. The Labute approximate surface area is 109 Å². The van der Waals surface area contributed by atoms with E-state index in [-0.39, 0.29) is 0 Å². The summed E-state index contributed by atoms with van der Waals surface area (Å²) in [5.74, 6) is 0. The smallest absolute Gasteiger partial charge is 0.0750 e. The Morgan fingerprint density at radius 1 is 1.56 bits per heavy atom. The molecule has 1 aliphatic rings. The van der Waals surface area contributed by atoms with Crippen LogP contribution in [0.5, 0.6) is 0 Å². The Balaban J connectivity index is 2.11. The van der Waals surface area contributed by atoms with Gasteiger partial charge in [0, 0.05) is 49.9 Å². The summed E-state index contributed by atoms with van der Waals surface area (Å²) in [6, 6.07) is 2.15. The van der Waals surface area contributed by atoms with Crippen molar-refractivity contribution in [1.82, 2.24) is 10.3 Å². The monoisotopic (exact) mass is 249 g/mol. The fourth-order valence-corrected chi connectivity index (χ4v) is 2.45. The zero-order chi connectivity index (χ0) is 13.0. The fraction of sp³-hybridized carbons (Fsp3) is 0.643. The molecule has 1 fully saturated rings. The van der Waals surface area contributed by atoms with Gasteiger partial charge in [0.15, 0.2) is 0 Å². The van der Waals surface area contributed by atoms with E-state index in [0.717, 1.165) is 25.4 Å². The van der Waals surface area contributed by atoms with E-state index in [9.17, 15) is 0 Å². The third-order valence-electron chi connectivity index (χ3n) is 3.38. The number of aromatic nitrogens is 1. The second kappa shape index (κ2) is 6.16. The first-order chi connectivity index (χ1) is 8.70. The van der Waals surface area contributed by atoms with Gasteiger partial charge in [0.25, 0.3) is 0 Å². The molecular weight excluding hydrogens is 226 g/mol. The SMILES string of the molecule is CNCc1cnc(C)cc1N(C)CC1CCCO1. The van der Waals surface area contributed by atoms with Crippen molar-refractivity contribution in [2.45, 2.75) is 32.4 Å². The van der Waals surface area contributed by atoms with Crippen LogP contribution >= 0.6 is 0 Å². The zero-order valence-electron chi connectivity index (χ0n) is 11.6. The maximum Gasteiger partial charge on any atom is 0.0750 e. The molecule has 2 heterocycles. The highest BCUT2D eigenvalue weighted by molar-refractivity contribution is 5.53. The molecule has 1 atom stereocenters. The molecule has 1 unspecified atom stereocenters. The van der Waals surface area contributed by atoms with Crippen LogP contribution in [0.25, 0.3) is 0 Å². The topological polar surface area (TPSA) is 37.4 Å². The lowest BCUT2D eigenvalue weighted by molar-refractivity contribution is 0.116. The Morgan fingerprint density at radius 2 is 2.39 bits per heavy atom. The first-order valence-electron chi connectivity index (χ1n) is 6.63. The minimum atomic E-state index is 0.380. The third-order valence-corrected chi connectivity index (χ3v) is 3.38. The average molecular weight is 249 g/mol. The highest BCUT2D eigenvalue weighted by atomic mass is 16.5. The molecule has 4 heteroatoms. The first-order valence-corrected chi connectivity index (χ1v) is 6.63. The lowest BCUT2D eigenvalue weighted by Gasteiger charge is -2.25.